The minimum absolute atomic E-state index is 0.0638. The summed E-state index contributed by atoms with van der Waals surface area (Å²) in [6.07, 6.45) is 6.61. The quantitative estimate of drug-likeness (QED) is 0.486. The fourth-order valence-electron chi connectivity index (χ4n) is 5.67. The van der Waals surface area contributed by atoms with Crippen molar-refractivity contribution < 1.29 is 14.0 Å². The van der Waals surface area contributed by atoms with Gasteiger partial charge in [0, 0.05) is 26.1 Å². The summed E-state index contributed by atoms with van der Waals surface area (Å²) < 4.78 is 5.79. The molecule has 1 atom stereocenters. The van der Waals surface area contributed by atoms with Gasteiger partial charge in [0.25, 0.3) is 5.91 Å². The second kappa shape index (κ2) is 10.3. The first-order chi connectivity index (χ1) is 17.4. The topological polar surface area (TPSA) is 66.7 Å². The normalized spacial score (nSPS) is 18.1. The van der Waals surface area contributed by atoms with E-state index in [-0.39, 0.29) is 23.8 Å². The molecule has 0 spiro atoms. The van der Waals surface area contributed by atoms with Gasteiger partial charge in [0.15, 0.2) is 11.6 Å². The summed E-state index contributed by atoms with van der Waals surface area (Å²) in [5.41, 5.74) is 6.36. The minimum atomic E-state index is -0.104. The third-order valence-electron chi connectivity index (χ3n) is 7.91. The van der Waals surface area contributed by atoms with Crippen LogP contribution < -0.4 is 0 Å². The number of carbonyl (C=O) groups is 2. The van der Waals surface area contributed by atoms with Crippen LogP contribution in [0.15, 0.2) is 53.1 Å². The van der Waals surface area contributed by atoms with E-state index in [4.69, 9.17) is 4.42 Å². The maximum Gasteiger partial charge on any atom is 0.276 e. The molecule has 0 bridgehead atoms. The molecule has 188 valence electrons. The lowest BCUT2D eigenvalue weighted by atomic mass is 9.87. The molecule has 1 fully saturated rings. The zero-order valence-corrected chi connectivity index (χ0v) is 21.5. The number of piperidine rings is 1. The number of amides is 2. The van der Waals surface area contributed by atoms with Gasteiger partial charge in [-0.2, -0.15) is 0 Å². The second-order valence-electron chi connectivity index (χ2n) is 10.4. The van der Waals surface area contributed by atoms with Crippen molar-refractivity contribution in [2.45, 2.75) is 64.3 Å². The molecule has 2 aliphatic rings. The molecule has 3 aromatic rings. The monoisotopic (exact) mass is 485 g/mol. The lowest BCUT2D eigenvalue weighted by Crippen LogP contribution is -2.39. The molecule has 1 aromatic heterocycles. The van der Waals surface area contributed by atoms with E-state index in [9.17, 15) is 9.59 Å². The van der Waals surface area contributed by atoms with Crippen LogP contribution in [0.4, 0.5) is 0 Å². The first kappa shape index (κ1) is 24.3. The first-order valence-corrected chi connectivity index (χ1v) is 13.0. The Morgan fingerprint density at radius 2 is 1.86 bits per heavy atom. The average Bonchev–Trinajstić information content (AvgIpc) is 3.40. The van der Waals surface area contributed by atoms with E-state index < -0.39 is 0 Å². The Balaban J connectivity index is 1.19. The fourth-order valence-corrected chi connectivity index (χ4v) is 5.67. The number of carbonyl (C=O) groups excluding carboxylic acids is 2. The summed E-state index contributed by atoms with van der Waals surface area (Å²) >= 11 is 0. The molecule has 0 N–H and O–H groups in total. The van der Waals surface area contributed by atoms with Crippen LogP contribution in [0, 0.1) is 13.8 Å². The van der Waals surface area contributed by atoms with Crippen molar-refractivity contribution in [1.29, 1.82) is 0 Å². The van der Waals surface area contributed by atoms with Gasteiger partial charge in [-0.05, 0) is 68.2 Å². The van der Waals surface area contributed by atoms with E-state index in [0.29, 0.717) is 31.1 Å². The highest BCUT2D eigenvalue weighted by atomic mass is 16.3. The number of fused-ring (bicyclic) bond motifs is 1. The van der Waals surface area contributed by atoms with Crippen LogP contribution in [0.5, 0.6) is 0 Å². The molecule has 0 radical (unpaired) electrons. The standard InChI is InChI=1S/C30H35N3O3/c1-20-11-12-21(2)24(17-20)18-28(34)33-15-13-23(14-16-33)29-31-26(19-36-29)30(35)32(3)27-10-6-8-22-7-4-5-9-25(22)27/h4-5,7,9,11-12,17,19,23,27H,6,8,10,13-16,18H2,1-3H3/t27-/m1/s1. The summed E-state index contributed by atoms with van der Waals surface area (Å²) in [5, 5.41) is 0. The number of hydrogen-bond acceptors (Lipinski definition) is 4. The SMILES string of the molecule is Cc1ccc(C)c(CC(=O)N2CCC(c3nc(C(=O)N(C)[C@@H]4CCCc5ccccc54)co3)CC2)c1. The van der Waals surface area contributed by atoms with E-state index in [1.807, 2.05) is 22.9 Å². The summed E-state index contributed by atoms with van der Waals surface area (Å²) in [6, 6.07) is 14.7. The van der Waals surface area contributed by atoms with Gasteiger partial charge in [-0.25, -0.2) is 4.98 Å². The Morgan fingerprint density at radius 3 is 2.67 bits per heavy atom. The summed E-state index contributed by atoms with van der Waals surface area (Å²) in [4.78, 5) is 34.5. The first-order valence-electron chi connectivity index (χ1n) is 13.0. The number of aromatic nitrogens is 1. The van der Waals surface area contributed by atoms with Gasteiger partial charge in [-0.1, -0.05) is 48.0 Å². The van der Waals surface area contributed by atoms with E-state index in [0.717, 1.165) is 43.2 Å². The number of oxazole rings is 1. The Labute approximate surface area is 213 Å². The number of rotatable bonds is 5. The molecule has 36 heavy (non-hydrogen) atoms. The second-order valence-corrected chi connectivity index (χ2v) is 10.4. The van der Waals surface area contributed by atoms with Crippen LogP contribution in [0.25, 0.3) is 0 Å². The molecule has 0 saturated carbocycles. The third kappa shape index (κ3) is 4.95. The molecular weight excluding hydrogens is 450 g/mol. The highest BCUT2D eigenvalue weighted by molar-refractivity contribution is 5.92. The van der Waals surface area contributed by atoms with E-state index in [1.165, 1.54) is 23.0 Å². The zero-order valence-electron chi connectivity index (χ0n) is 21.5. The summed E-state index contributed by atoms with van der Waals surface area (Å²) in [5.74, 6) is 0.794. The van der Waals surface area contributed by atoms with Gasteiger partial charge >= 0.3 is 0 Å². The fraction of sp³-hybridized carbons (Fsp3) is 0.433. The van der Waals surface area contributed by atoms with Gasteiger partial charge in [0.05, 0.1) is 12.5 Å². The molecule has 1 saturated heterocycles. The van der Waals surface area contributed by atoms with Crippen LogP contribution >= 0.6 is 0 Å². The van der Waals surface area contributed by atoms with Crippen molar-refractivity contribution in [3.63, 3.8) is 0 Å². The Morgan fingerprint density at radius 1 is 1.08 bits per heavy atom. The van der Waals surface area contributed by atoms with Crippen LogP contribution in [0.3, 0.4) is 0 Å². The van der Waals surface area contributed by atoms with Gasteiger partial charge in [0.2, 0.25) is 5.91 Å². The Hall–Kier alpha value is -3.41. The molecule has 6 heteroatoms. The molecule has 1 aliphatic carbocycles. The van der Waals surface area contributed by atoms with Crippen LogP contribution in [0.1, 0.15) is 81.8 Å². The third-order valence-corrected chi connectivity index (χ3v) is 7.91. The van der Waals surface area contributed by atoms with Gasteiger partial charge in [-0.15, -0.1) is 0 Å². The molecule has 2 heterocycles. The molecule has 1 aliphatic heterocycles. The Bertz CT molecular complexity index is 1260. The van der Waals surface area contributed by atoms with E-state index in [1.54, 1.807) is 0 Å². The predicted octanol–water partition coefficient (Wildman–Crippen LogP) is 5.39. The lowest BCUT2D eigenvalue weighted by Gasteiger charge is -2.33. The molecular formula is C30H35N3O3. The average molecular weight is 486 g/mol. The highest BCUT2D eigenvalue weighted by Crippen LogP contribution is 2.34. The zero-order chi connectivity index (χ0) is 25.2. The lowest BCUT2D eigenvalue weighted by molar-refractivity contribution is -0.131. The molecule has 2 amide bonds. The maximum absolute atomic E-state index is 13.3. The minimum Gasteiger partial charge on any atom is -0.448 e. The van der Waals surface area contributed by atoms with Gasteiger partial charge < -0.3 is 14.2 Å². The van der Waals surface area contributed by atoms with Gasteiger partial charge in [0.1, 0.15) is 6.26 Å². The number of hydrogen-bond donors (Lipinski definition) is 0. The van der Waals surface area contributed by atoms with Crippen molar-refractivity contribution in [2.75, 3.05) is 20.1 Å². The van der Waals surface area contributed by atoms with Crippen LogP contribution in [-0.4, -0.2) is 46.7 Å². The largest absolute Gasteiger partial charge is 0.448 e. The van der Waals surface area contributed by atoms with E-state index in [2.05, 4.69) is 55.2 Å². The van der Waals surface area contributed by atoms with E-state index >= 15 is 0 Å². The summed E-state index contributed by atoms with van der Waals surface area (Å²) in [6.45, 7) is 5.47. The molecule has 6 nitrogen and oxygen atoms in total. The Kier molecular flexibility index (Phi) is 6.95. The van der Waals surface area contributed by atoms with Crippen LogP contribution in [0.2, 0.25) is 0 Å². The molecule has 2 aromatic carbocycles. The van der Waals surface area contributed by atoms with Crippen molar-refractivity contribution in [3.8, 4) is 0 Å². The van der Waals surface area contributed by atoms with Crippen LogP contribution in [-0.2, 0) is 17.6 Å². The number of likely N-dealkylation sites (tertiary alicyclic amines) is 1. The highest BCUT2D eigenvalue weighted by Gasteiger charge is 2.31. The number of benzene rings is 2. The van der Waals surface area contributed by atoms with Crippen molar-refractivity contribution in [2.24, 2.45) is 0 Å². The van der Waals surface area contributed by atoms with Crippen molar-refractivity contribution in [1.82, 2.24) is 14.8 Å². The predicted molar refractivity (Wildman–Crippen MR) is 139 cm³/mol. The van der Waals surface area contributed by atoms with Crippen molar-refractivity contribution in [3.05, 3.63) is 88.1 Å². The molecule has 0 unspecified atom stereocenters. The van der Waals surface area contributed by atoms with Crippen molar-refractivity contribution >= 4 is 11.8 Å². The van der Waals surface area contributed by atoms with Gasteiger partial charge in [-0.3, -0.25) is 9.59 Å². The summed E-state index contributed by atoms with van der Waals surface area (Å²) in [7, 11) is 1.86. The maximum atomic E-state index is 13.3. The molecule has 5 rings (SSSR count). The smallest absolute Gasteiger partial charge is 0.276 e. The number of nitrogens with zero attached hydrogens (tertiary/aromatic N) is 3. The number of aryl methyl sites for hydroxylation is 3.